The molecule has 0 saturated heterocycles. The summed E-state index contributed by atoms with van der Waals surface area (Å²) < 4.78 is 5.18. The van der Waals surface area contributed by atoms with Crippen molar-refractivity contribution < 1.29 is 9.53 Å². The predicted molar refractivity (Wildman–Crippen MR) is 118 cm³/mol. The van der Waals surface area contributed by atoms with Crippen molar-refractivity contribution in [2.24, 2.45) is 0 Å². The highest BCUT2D eigenvalue weighted by Crippen LogP contribution is 2.23. The summed E-state index contributed by atoms with van der Waals surface area (Å²) in [5, 5.41) is 6.16. The Hall–Kier alpha value is -4.19. The summed E-state index contributed by atoms with van der Waals surface area (Å²) in [7, 11) is 1.57. The van der Waals surface area contributed by atoms with Crippen LogP contribution in [0.15, 0.2) is 91.4 Å². The van der Waals surface area contributed by atoms with E-state index in [2.05, 4.69) is 20.6 Å². The van der Waals surface area contributed by atoms with Crippen LogP contribution in [-0.2, 0) is 0 Å². The molecule has 0 bridgehead atoms. The highest BCUT2D eigenvalue weighted by molar-refractivity contribution is 6.04. The zero-order valence-electron chi connectivity index (χ0n) is 16.4. The number of hydrogen-bond donors (Lipinski definition) is 2. The molecule has 0 spiro atoms. The van der Waals surface area contributed by atoms with Gasteiger partial charge in [-0.25, -0.2) is 4.98 Å². The van der Waals surface area contributed by atoms with E-state index in [9.17, 15) is 4.79 Å². The zero-order chi connectivity index (χ0) is 20.8. The molecule has 2 N–H and O–H groups in total. The summed E-state index contributed by atoms with van der Waals surface area (Å²) in [5.74, 6) is 1.15. The van der Waals surface area contributed by atoms with E-state index in [1.807, 2.05) is 54.7 Å². The molecule has 2 aromatic carbocycles. The monoisotopic (exact) mass is 396 g/mol. The van der Waals surface area contributed by atoms with Gasteiger partial charge < -0.3 is 15.4 Å². The van der Waals surface area contributed by atoms with Crippen LogP contribution < -0.4 is 15.4 Å². The molecular formula is C24H20N4O2. The molecule has 1 amide bonds. The van der Waals surface area contributed by atoms with Gasteiger partial charge in [0.1, 0.15) is 11.6 Å². The van der Waals surface area contributed by atoms with Crippen LogP contribution in [0.2, 0.25) is 0 Å². The normalized spacial score (nSPS) is 10.3. The van der Waals surface area contributed by atoms with Crippen molar-refractivity contribution in [3.8, 4) is 16.9 Å². The fraction of sp³-hybridized carbons (Fsp3) is 0.0417. The van der Waals surface area contributed by atoms with Gasteiger partial charge in [-0.15, -0.1) is 0 Å². The van der Waals surface area contributed by atoms with Crippen molar-refractivity contribution in [1.29, 1.82) is 0 Å². The molecule has 2 heterocycles. The standard InChI is InChI=1S/C24H20N4O2/c1-30-22-7-2-4-18(14-22)24(29)28-21-6-3-5-20(15-21)27-23-9-8-19(16-26-23)17-10-12-25-13-11-17/h2-16H,1H3,(H,26,27)(H,28,29). The van der Waals surface area contributed by atoms with E-state index >= 15 is 0 Å². The Kier molecular flexibility index (Phi) is 5.66. The molecular weight excluding hydrogens is 376 g/mol. The Morgan fingerprint density at radius 1 is 0.867 bits per heavy atom. The SMILES string of the molecule is COc1cccc(C(=O)Nc2cccc(Nc3ccc(-c4ccncc4)cn3)c2)c1. The molecule has 0 aliphatic rings. The first-order chi connectivity index (χ1) is 14.7. The third kappa shape index (κ3) is 4.62. The second-order valence-electron chi connectivity index (χ2n) is 6.56. The predicted octanol–water partition coefficient (Wildman–Crippen LogP) is 5.15. The van der Waals surface area contributed by atoms with Gasteiger partial charge >= 0.3 is 0 Å². The molecule has 6 heteroatoms. The summed E-state index contributed by atoms with van der Waals surface area (Å²) in [5.41, 5.74) is 4.11. The average molecular weight is 396 g/mol. The first-order valence-corrected chi connectivity index (χ1v) is 9.40. The van der Waals surface area contributed by atoms with Gasteiger partial charge in [0.05, 0.1) is 7.11 Å². The van der Waals surface area contributed by atoms with E-state index in [0.717, 1.165) is 16.8 Å². The average Bonchev–Trinajstić information content (AvgIpc) is 2.80. The number of carbonyl (C=O) groups excluding carboxylic acids is 1. The van der Waals surface area contributed by atoms with Gasteiger partial charge in [-0.1, -0.05) is 12.1 Å². The molecule has 0 unspecified atom stereocenters. The first kappa shape index (κ1) is 19.1. The largest absolute Gasteiger partial charge is 0.497 e. The fourth-order valence-electron chi connectivity index (χ4n) is 2.97. The number of ether oxygens (including phenoxy) is 1. The zero-order valence-corrected chi connectivity index (χ0v) is 16.4. The minimum atomic E-state index is -0.203. The minimum Gasteiger partial charge on any atom is -0.497 e. The lowest BCUT2D eigenvalue weighted by Crippen LogP contribution is -2.12. The topological polar surface area (TPSA) is 76.1 Å². The molecule has 0 atom stereocenters. The number of pyridine rings is 2. The molecule has 30 heavy (non-hydrogen) atoms. The summed E-state index contributed by atoms with van der Waals surface area (Å²) in [6.45, 7) is 0. The van der Waals surface area contributed by atoms with Crippen LogP contribution >= 0.6 is 0 Å². The molecule has 6 nitrogen and oxygen atoms in total. The summed E-state index contributed by atoms with van der Waals surface area (Å²) in [6.07, 6.45) is 5.33. The lowest BCUT2D eigenvalue weighted by molar-refractivity contribution is 0.102. The number of nitrogens with zero attached hydrogens (tertiary/aromatic N) is 2. The quantitative estimate of drug-likeness (QED) is 0.471. The molecule has 0 aliphatic heterocycles. The van der Waals surface area contributed by atoms with E-state index in [0.29, 0.717) is 22.8 Å². The molecule has 0 saturated carbocycles. The smallest absolute Gasteiger partial charge is 0.255 e. The third-order valence-corrected chi connectivity index (χ3v) is 4.50. The van der Waals surface area contributed by atoms with Gasteiger partial charge in [0, 0.05) is 41.1 Å². The molecule has 0 aliphatic carbocycles. The number of nitrogens with one attached hydrogen (secondary N) is 2. The van der Waals surface area contributed by atoms with Crippen LogP contribution in [0, 0.1) is 0 Å². The molecule has 148 valence electrons. The molecule has 0 radical (unpaired) electrons. The van der Waals surface area contributed by atoms with Crippen molar-refractivity contribution in [3.05, 3.63) is 97.0 Å². The van der Waals surface area contributed by atoms with Crippen molar-refractivity contribution in [2.45, 2.75) is 0 Å². The van der Waals surface area contributed by atoms with E-state index < -0.39 is 0 Å². The van der Waals surface area contributed by atoms with E-state index in [4.69, 9.17) is 4.74 Å². The van der Waals surface area contributed by atoms with Gasteiger partial charge in [-0.2, -0.15) is 0 Å². The molecule has 0 fully saturated rings. The first-order valence-electron chi connectivity index (χ1n) is 9.40. The van der Waals surface area contributed by atoms with Crippen LogP contribution in [0.5, 0.6) is 5.75 Å². The Bertz CT molecular complexity index is 1150. The van der Waals surface area contributed by atoms with E-state index in [1.165, 1.54) is 0 Å². The molecule has 4 aromatic rings. The van der Waals surface area contributed by atoms with Crippen LogP contribution in [0.3, 0.4) is 0 Å². The second kappa shape index (κ2) is 8.87. The van der Waals surface area contributed by atoms with Crippen molar-refractivity contribution >= 4 is 23.1 Å². The molecule has 2 aromatic heterocycles. The highest BCUT2D eigenvalue weighted by atomic mass is 16.5. The van der Waals surface area contributed by atoms with Gasteiger partial charge in [0.25, 0.3) is 5.91 Å². The number of anilines is 3. The Morgan fingerprint density at radius 3 is 2.43 bits per heavy atom. The van der Waals surface area contributed by atoms with Gasteiger partial charge in [0.15, 0.2) is 0 Å². The molecule has 4 rings (SSSR count). The van der Waals surface area contributed by atoms with Gasteiger partial charge in [0.2, 0.25) is 0 Å². The van der Waals surface area contributed by atoms with E-state index in [1.54, 1.807) is 43.8 Å². The van der Waals surface area contributed by atoms with Crippen molar-refractivity contribution in [1.82, 2.24) is 9.97 Å². The minimum absolute atomic E-state index is 0.203. The van der Waals surface area contributed by atoms with E-state index in [-0.39, 0.29) is 5.91 Å². The Labute approximate surface area is 174 Å². The maximum absolute atomic E-state index is 12.5. The summed E-state index contributed by atoms with van der Waals surface area (Å²) in [4.78, 5) is 21.0. The van der Waals surface area contributed by atoms with Crippen molar-refractivity contribution in [3.63, 3.8) is 0 Å². The maximum Gasteiger partial charge on any atom is 0.255 e. The third-order valence-electron chi connectivity index (χ3n) is 4.50. The highest BCUT2D eigenvalue weighted by Gasteiger charge is 2.08. The van der Waals surface area contributed by atoms with Crippen LogP contribution in [0.1, 0.15) is 10.4 Å². The van der Waals surface area contributed by atoms with Crippen LogP contribution in [0.25, 0.3) is 11.1 Å². The fourth-order valence-corrected chi connectivity index (χ4v) is 2.97. The number of methoxy groups -OCH3 is 1. The number of hydrogen-bond acceptors (Lipinski definition) is 5. The lowest BCUT2D eigenvalue weighted by atomic mass is 10.1. The number of aromatic nitrogens is 2. The van der Waals surface area contributed by atoms with Crippen LogP contribution in [0.4, 0.5) is 17.2 Å². The number of rotatable bonds is 6. The maximum atomic E-state index is 12.5. The number of benzene rings is 2. The number of amides is 1. The lowest BCUT2D eigenvalue weighted by Gasteiger charge is -2.10. The van der Waals surface area contributed by atoms with Gasteiger partial charge in [-0.3, -0.25) is 9.78 Å². The Balaban J connectivity index is 1.45. The Morgan fingerprint density at radius 2 is 1.67 bits per heavy atom. The summed E-state index contributed by atoms with van der Waals surface area (Å²) in [6, 6.07) is 22.3. The van der Waals surface area contributed by atoms with Crippen LogP contribution in [-0.4, -0.2) is 23.0 Å². The number of carbonyl (C=O) groups is 1. The summed E-state index contributed by atoms with van der Waals surface area (Å²) >= 11 is 0. The van der Waals surface area contributed by atoms with Gasteiger partial charge in [-0.05, 0) is 66.2 Å². The second-order valence-corrected chi connectivity index (χ2v) is 6.56. The van der Waals surface area contributed by atoms with Crippen molar-refractivity contribution in [2.75, 3.05) is 17.7 Å².